The maximum absolute atomic E-state index is 13.1. The van der Waals surface area contributed by atoms with E-state index in [1.54, 1.807) is 51.5 Å². The third-order valence-electron chi connectivity index (χ3n) is 6.15. The lowest BCUT2D eigenvalue weighted by Crippen LogP contribution is -2.37. The molecule has 188 valence electrons. The number of furan rings is 1. The number of methoxy groups -OCH3 is 1. The van der Waals surface area contributed by atoms with Crippen molar-refractivity contribution in [1.29, 1.82) is 0 Å². The Kier molecular flexibility index (Phi) is 7.63. The molecule has 2 heterocycles. The Bertz CT molecular complexity index is 1290. The fraction of sp³-hybridized carbons (Fsp3) is 0.400. The van der Waals surface area contributed by atoms with Gasteiger partial charge in [0, 0.05) is 43.2 Å². The van der Waals surface area contributed by atoms with E-state index >= 15 is 0 Å². The van der Waals surface area contributed by atoms with E-state index in [2.05, 4.69) is 10.2 Å². The predicted molar refractivity (Wildman–Crippen MR) is 135 cm³/mol. The van der Waals surface area contributed by atoms with Crippen LogP contribution in [0.25, 0.3) is 11.0 Å². The number of ether oxygens (including phenoxy) is 2. The zero-order chi connectivity index (χ0) is 25.0. The standard InChI is InChI=1S/C25H31N3O6S/c1-4-28(5-2)35(30,31)20-7-9-23(27-10-12-33-13-11-27)22(16-20)26-25(29)14-18-17-34-24-15-19(32-3)6-8-21(18)24/h6-9,15-17H,4-5,10-14H2,1-3H3,(H,26,29). The first-order chi connectivity index (χ1) is 16.9. The molecule has 10 heteroatoms. The molecule has 9 nitrogen and oxygen atoms in total. The molecule has 3 aromatic rings. The van der Waals surface area contributed by atoms with Crippen molar-refractivity contribution in [2.75, 3.05) is 56.7 Å². The number of anilines is 2. The molecule has 0 saturated carbocycles. The van der Waals surface area contributed by atoms with Crippen LogP contribution in [0.2, 0.25) is 0 Å². The SMILES string of the molecule is CCN(CC)S(=O)(=O)c1ccc(N2CCOCC2)c(NC(=O)Cc2coc3cc(OC)ccc23)c1. The minimum absolute atomic E-state index is 0.0783. The fourth-order valence-electron chi connectivity index (χ4n) is 4.26. The normalized spacial score (nSPS) is 14.5. The van der Waals surface area contributed by atoms with Gasteiger partial charge in [-0.2, -0.15) is 4.31 Å². The van der Waals surface area contributed by atoms with Crippen molar-refractivity contribution >= 4 is 38.3 Å². The molecule has 35 heavy (non-hydrogen) atoms. The average Bonchev–Trinajstić information content (AvgIpc) is 3.26. The van der Waals surface area contributed by atoms with Gasteiger partial charge < -0.3 is 24.1 Å². The highest BCUT2D eigenvalue weighted by Crippen LogP contribution is 2.32. The molecule has 1 aliphatic heterocycles. The number of amides is 1. The van der Waals surface area contributed by atoms with Gasteiger partial charge in [0.1, 0.15) is 11.3 Å². The first-order valence-corrected chi connectivity index (χ1v) is 13.1. The van der Waals surface area contributed by atoms with E-state index in [0.717, 1.165) is 16.6 Å². The summed E-state index contributed by atoms with van der Waals surface area (Å²) >= 11 is 0. The van der Waals surface area contributed by atoms with Gasteiger partial charge in [0.05, 0.1) is 49.3 Å². The summed E-state index contributed by atoms with van der Waals surface area (Å²) in [6.07, 6.45) is 1.64. The molecular formula is C25H31N3O6S. The minimum Gasteiger partial charge on any atom is -0.497 e. The second kappa shape index (κ2) is 10.7. The molecule has 0 radical (unpaired) electrons. The Balaban J connectivity index is 1.64. The Labute approximate surface area is 205 Å². The minimum atomic E-state index is -3.68. The molecule has 0 aliphatic carbocycles. The highest BCUT2D eigenvalue weighted by Gasteiger charge is 2.25. The van der Waals surface area contributed by atoms with Gasteiger partial charge in [-0.25, -0.2) is 8.42 Å². The van der Waals surface area contributed by atoms with Crippen molar-refractivity contribution in [3.63, 3.8) is 0 Å². The number of nitrogens with zero attached hydrogens (tertiary/aromatic N) is 2. The van der Waals surface area contributed by atoms with Crippen molar-refractivity contribution in [2.24, 2.45) is 0 Å². The number of carbonyl (C=O) groups excluding carboxylic acids is 1. The average molecular weight is 502 g/mol. The van der Waals surface area contributed by atoms with Crippen LogP contribution < -0.4 is 15.0 Å². The van der Waals surface area contributed by atoms with Crippen LogP contribution in [0.1, 0.15) is 19.4 Å². The molecule has 0 bridgehead atoms. The van der Waals surface area contributed by atoms with Gasteiger partial charge in [-0.05, 0) is 30.3 Å². The van der Waals surface area contributed by atoms with Gasteiger partial charge >= 0.3 is 0 Å². The molecule has 1 N–H and O–H groups in total. The summed E-state index contributed by atoms with van der Waals surface area (Å²) in [7, 11) is -2.10. The van der Waals surface area contributed by atoms with Crippen molar-refractivity contribution in [2.45, 2.75) is 25.2 Å². The lowest BCUT2D eigenvalue weighted by Gasteiger charge is -2.31. The van der Waals surface area contributed by atoms with E-state index in [0.29, 0.717) is 56.4 Å². The van der Waals surface area contributed by atoms with E-state index < -0.39 is 10.0 Å². The summed E-state index contributed by atoms with van der Waals surface area (Å²) in [5, 5.41) is 3.78. The van der Waals surface area contributed by atoms with Crippen molar-refractivity contribution in [3.05, 3.63) is 48.2 Å². The maximum atomic E-state index is 13.1. The van der Waals surface area contributed by atoms with Crippen LogP contribution in [-0.4, -0.2) is 65.1 Å². The molecule has 0 spiro atoms. The number of benzene rings is 2. The molecule has 1 amide bonds. The predicted octanol–water partition coefficient (Wildman–Crippen LogP) is 3.49. The lowest BCUT2D eigenvalue weighted by molar-refractivity contribution is -0.115. The molecule has 0 unspecified atom stereocenters. The van der Waals surface area contributed by atoms with Crippen LogP contribution in [0.5, 0.6) is 5.75 Å². The van der Waals surface area contributed by atoms with Gasteiger partial charge in [0.2, 0.25) is 15.9 Å². The zero-order valence-electron chi connectivity index (χ0n) is 20.2. The number of morpholine rings is 1. The largest absolute Gasteiger partial charge is 0.497 e. The molecule has 0 atom stereocenters. The molecule has 1 aliphatic rings. The Hall–Kier alpha value is -3.08. The maximum Gasteiger partial charge on any atom is 0.243 e. The van der Waals surface area contributed by atoms with Crippen LogP contribution in [0.15, 0.2) is 52.0 Å². The molecule has 1 aromatic heterocycles. The Morgan fingerprint density at radius 1 is 1.11 bits per heavy atom. The van der Waals surface area contributed by atoms with Crippen LogP contribution >= 0.6 is 0 Å². The number of hydrogen-bond donors (Lipinski definition) is 1. The van der Waals surface area contributed by atoms with Crippen LogP contribution in [0, 0.1) is 0 Å². The van der Waals surface area contributed by atoms with Gasteiger partial charge in [-0.3, -0.25) is 4.79 Å². The van der Waals surface area contributed by atoms with Gasteiger partial charge in [-0.15, -0.1) is 0 Å². The lowest BCUT2D eigenvalue weighted by atomic mass is 10.1. The van der Waals surface area contributed by atoms with E-state index in [1.165, 1.54) is 4.31 Å². The van der Waals surface area contributed by atoms with Crippen molar-refractivity contribution in [1.82, 2.24) is 4.31 Å². The molecule has 2 aromatic carbocycles. The fourth-order valence-corrected chi connectivity index (χ4v) is 5.75. The first-order valence-electron chi connectivity index (χ1n) is 11.7. The van der Waals surface area contributed by atoms with Gasteiger partial charge in [-0.1, -0.05) is 13.8 Å². The quantitative estimate of drug-likeness (QED) is 0.479. The number of rotatable bonds is 9. The summed E-state index contributed by atoms with van der Waals surface area (Å²) in [6.45, 7) is 6.77. The van der Waals surface area contributed by atoms with E-state index in [-0.39, 0.29) is 17.2 Å². The second-order valence-corrected chi connectivity index (χ2v) is 10.2. The third-order valence-corrected chi connectivity index (χ3v) is 8.20. The Morgan fingerprint density at radius 3 is 2.54 bits per heavy atom. The van der Waals surface area contributed by atoms with Gasteiger partial charge in [0.15, 0.2) is 0 Å². The first kappa shape index (κ1) is 25.0. The van der Waals surface area contributed by atoms with Crippen LogP contribution in [0.4, 0.5) is 11.4 Å². The van der Waals surface area contributed by atoms with E-state index in [4.69, 9.17) is 13.9 Å². The second-order valence-electron chi connectivity index (χ2n) is 8.22. The highest BCUT2D eigenvalue weighted by molar-refractivity contribution is 7.89. The van der Waals surface area contributed by atoms with Crippen molar-refractivity contribution < 1.29 is 27.1 Å². The zero-order valence-corrected chi connectivity index (χ0v) is 21.1. The number of hydrogen-bond acceptors (Lipinski definition) is 7. The van der Waals surface area contributed by atoms with Crippen LogP contribution in [0.3, 0.4) is 0 Å². The molecule has 1 fully saturated rings. The molecule has 4 rings (SSSR count). The van der Waals surface area contributed by atoms with Crippen molar-refractivity contribution in [3.8, 4) is 5.75 Å². The summed E-state index contributed by atoms with van der Waals surface area (Å²) in [5.41, 5.74) is 2.59. The van der Waals surface area contributed by atoms with E-state index in [9.17, 15) is 13.2 Å². The monoisotopic (exact) mass is 501 g/mol. The third kappa shape index (κ3) is 5.29. The summed E-state index contributed by atoms with van der Waals surface area (Å²) in [5.74, 6) is 0.402. The Morgan fingerprint density at radius 2 is 1.86 bits per heavy atom. The topological polar surface area (TPSA) is 101 Å². The van der Waals surface area contributed by atoms with Gasteiger partial charge in [0.25, 0.3) is 0 Å². The highest BCUT2D eigenvalue weighted by atomic mass is 32.2. The molecular weight excluding hydrogens is 470 g/mol. The van der Waals surface area contributed by atoms with Crippen LogP contribution in [-0.2, 0) is 26.0 Å². The summed E-state index contributed by atoms with van der Waals surface area (Å²) < 4.78 is 44.0. The molecule has 1 saturated heterocycles. The smallest absolute Gasteiger partial charge is 0.243 e. The summed E-state index contributed by atoms with van der Waals surface area (Å²) in [4.78, 5) is 15.3. The summed E-state index contributed by atoms with van der Waals surface area (Å²) in [6, 6.07) is 10.4. The van der Waals surface area contributed by atoms with E-state index in [1.807, 2.05) is 12.1 Å². The number of carbonyl (C=O) groups is 1. The number of sulfonamides is 1. The number of fused-ring (bicyclic) bond motifs is 1. The number of nitrogens with one attached hydrogen (secondary N) is 1.